The first-order valence-corrected chi connectivity index (χ1v) is 6.49. The maximum absolute atomic E-state index is 3.67. The lowest BCUT2D eigenvalue weighted by molar-refractivity contribution is 0.642. The molecule has 0 aliphatic rings. The summed E-state index contributed by atoms with van der Waals surface area (Å²) in [6, 6.07) is 6.70. The molecule has 0 spiro atoms. The highest BCUT2D eigenvalue weighted by molar-refractivity contribution is 9.10. The van der Waals surface area contributed by atoms with E-state index >= 15 is 0 Å². The minimum absolute atomic E-state index is 0.296. The summed E-state index contributed by atoms with van der Waals surface area (Å²) in [5, 5.41) is 3.49. The van der Waals surface area contributed by atoms with Gasteiger partial charge in [0.05, 0.1) is 6.04 Å². The molecule has 0 fully saturated rings. The minimum Gasteiger partial charge on any atom is -0.307 e. The van der Waals surface area contributed by atoms with Crippen LogP contribution in [0.15, 0.2) is 34.3 Å². The number of hydrogen-bond acceptors (Lipinski definition) is 1. The monoisotopic (exact) mass is 281 g/mol. The Kier molecular flexibility index (Phi) is 5.23. The predicted molar refractivity (Wildman–Crippen MR) is 74.7 cm³/mol. The van der Waals surface area contributed by atoms with E-state index < -0.39 is 0 Å². The molecule has 0 radical (unpaired) electrons. The lowest BCUT2D eigenvalue weighted by atomic mass is 10.0. The molecule has 1 aromatic rings. The lowest BCUT2D eigenvalue weighted by Crippen LogP contribution is -2.19. The molecule has 16 heavy (non-hydrogen) atoms. The van der Waals surface area contributed by atoms with Gasteiger partial charge in [-0.3, -0.25) is 0 Å². The first-order chi connectivity index (χ1) is 7.56. The largest absolute Gasteiger partial charge is 0.307 e. The van der Waals surface area contributed by atoms with Crippen molar-refractivity contribution >= 4 is 15.9 Å². The van der Waals surface area contributed by atoms with Crippen molar-refractivity contribution < 1.29 is 0 Å². The molecule has 1 atom stereocenters. The van der Waals surface area contributed by atoms with Gasteiger partial charge in [-0.25, -0.2) is 0 Å². The van der Waals surface area contributed by atoms with Crippen LogP contribution in [-0.2, 0) is 0 Å². The van der Waals surface area contributed by atoms with Gasteiger partial charge in [-0.05, 0) is 38.4 Å². The second-order valence-corrected chi connectivity index (χ2v) is 5.05. The number of halogens is 1. The van der Waals surface area contributed by atoms with Gasteiger partial charge >= 0.3 is 0 Å². The van der Waals surface area contributed by atoms with Crippen molar-refractivity contribution in [1.29, 1.82) is 0 Å². The third kappa shape index (κ3) is 3.46. The zero-order chi connectivity index (χ0) is 12.1. The molecule has 1 N–H and O–H groups in total. The van der Waals surface area contributed by atoms with Gasteiger partial charge in [0.2, 0.25) is 0 Å². The van der Waals surface area contributed by atoms with E-state index in [1.807, 2.05) is 0 Å². The molecule has 1 rings (SSSR count). The molecular weight excluding hydrogens is 262 g/mol. The highest BCUT2D eigenvalue weighted by Gasteiger charge is 2.11. The average molecular weight is 282 g/mol. The van der Waals surface area contributed by atoms with Crippen molar-refractivity contribution in [1.82, 2.24) is 5.32 Å². The molecular formula is C14H20BrN. The van der Waals surface area contributed by atoms with Crippen molar-refractivity contribution in [3.63, 3.8) is 0 Å². The number of benzene rings is 1. The number of allylic oxidation sites excluding steroid dienone is 1. The number of likely N-dealkylation sites (N-methyl/N-ethyl adjacent to an activating group) is 1. The van der Waals surface area contributed by atoms with Crippen molar-refractivity contribution in [2.75, 3.05) is 6.54 Å². The molecule has 0 saturated heterocycles. The molecule has 0 aliphatic heterocycles. The van der Waals surface area contributed by atoms with Crippen LogP contribution in [0.2, 0.25) is 0 Å². The summed E-state index contributed by atoms with van der Waals surface area (Å²) < 4.78 is 1.21. The first-order valence-electron chi connectivity index (χ1n) is 5.69. The van der Waals surface area contributed by atoms with Crippen LogP contribution in [0.3, 0.4) is 0 Å². The molecule has 1 aromatic carbocycles. The van der Waals surface area contributed by atoms with E-state index in [2.05, 4.69) is 73.2 Å². The van der Waals surface area contributed by atoms with Crippen LogP contribution < -0.4 is 5.32 Å². The van der Waals surface area contributed by atoms with Crippen LogP contribution >= 0.6 is 15.9 Å². The number of aryl methyl sites for hydroxylation is 1. The summed E-state index contributed by atoms with van der Waals surface area (Å²) in [7, 11) is 0. The summed E-state index contributed by atoms with van der Waals surface area (Å²) in [4.78, 5) is 0. The van der Waals surface area contributed by atoms with E-state index in [4.69, 9.17) is 0 Å². The maximum Gasteiger partial charge on any atom is 0.0519 e. The van der Waals surface area contributed by atoms with E-state index in [9.17, 15) is 0 Å². The summed E-state index contributed by atoms with van der Waals surface area (Å²) in [5.41, 5.74) is 3.92. The third-order valence-electron chi connectivity index (χ3n) is 2.48. The first kappa shape index (κ1) is 13.5. The third-order valence-corrected chi connectivity index (χ3v) is 3.56. The van der Waals surface area contributed by atoms with Gasteiger partial charge in [-0.15, -0.1) is 0 Å². The molecule has 0 heterocycles. The van der Waals surface area contributed by atoms with Crippen molar-refractivity contribution in [2.45, 2.75) is 33.7 Å². The fourth-order valence-corrected chi connectivity index (χ4v) is 2.23. The van der Waals surface area contributed by atoms with Gasteiger partial charge in [0, 0.05) is 4.47 Å². The Bertz CT molecular complexity index is 378. The summed E-state index contributed by atoms with van der Waals surface area (Å²) in [6.07, 6.45) is 2.27. The van der Waals surface area contributed by atoms with E-state index in [0.29, 0.717) is 6.04 Å². The smallest absolute Gasteiger partial charge is 0.0519 e. The van der Waals surface area contributed by atoms with E-state index in [-0.39, 0.29) is 0 Å². The topological polar surface area (TPSA) is 12.0 Å². The number of nitrogens with one attached hydrogen (secondary N) is 1. The Hall–Kier alpha value is -0.600. The van der Waals surface area contributed by atoms with E-state index in [1.54, 1.807) is 0 Å². The van der Waals surface area contributed by atoms with Crippen LogP contribution in [0.25, 0.3) is 0 Å². The molecule has 0 aromatic heterocycles. The second-order valence-electron chi connectivity index (χ2n) is 4.26. The van der Waals surface area contributed by atoms with E-state index in [1.165, 1.54) is 21.2 Å². The SMILES string of the molecule is CCNC(C=C(C)C)c1cccc(C)c1Br. The minimum atomic E-state index is 0.296. The van der Waals surface area contributed by atoms with Crippen LogP contribution in [0, 0.1) is 6.92 Å². The average Bonchev–Trinajstić information content (AvgIpc) is 2.21. The molecule has 0 amide bonds. The molecule has 2 heteroatoms. The Labute approximate surface area is 107 Å². The van der Waals surface area contributed by atoms with Gasteiger partial charge in [-0.2, -0.15) is 0 Å². The van der Waals surface area contributed by atoms with Crippen LogP contribution in [0.5, 0.6) is 0 Å². The highest BCUT2D eigenvalue weighted by atomic mass is 79.9. The lowest BCUT2D eigenvalue weighted by Gasteiger charge is -2.18. The highest BCUT2D eigenvalue weighted by Crippen LogP contribution is 2.27. The molecule has 0 aliphatic carbocycles. The Balaban J connectivity index is 3.10. The quantitative estimate of drug-likeness (QED) is 0.808. The predicted octanol–water partition coefficient (Wildman–Crippen LogP) is 4.37. The van der Waals surface area contributed by atoms with Crippen LogP contribution in [0.4, 0.5) is 0 Å². The molecule has 1 nitrogen and oxygen atoms in total. The zero-order valence-electron chi connectivity index (χ0n) is 10.5. The van der Waals surface area contributed by atoms with Crippen molar-refractivity contribution in [2.24, 2.45) is 0 Å². The fraction of sp³-hybridized carbons (Fsp3) is 0.429. The Morgan fingerprint density at radius 2 is 2.12 bits per heavy atom. The molecule has 88 valence electrons. The fourth-order valence-electron chi connectivity index (χ4n) is 1.72. The molecule has 1 unspecified atom stereocenters. The van der Waals surface area contributed by atoms with Gasteiger partial charge < -0.3 is 5.32 Å². The number of hydrogen-bond donors (Lipinski definition) is 1. The normalized spacial score (nSPS) is 12.3. The Morgan fingerprint density at radius 3 is 2.69 bits per heavy atom. The molecule has 0 saturated carbocycles. The zero-order valence-corrected chi connectivity index (χ0v) is 12.1. The van der Waals surface area contributed by atoms with Crippen molar-refractivity contribution in [3.05, 3.63) is 45.4 Å². The van der Waals surface area contributed by atoms with Crippen LogP contribution in [-0.4, -0.2) is 6.54 Å². The van der Waals surface area contributed by atoms with Gasteiger partial charge in [0.1, 0.15) is 0 Å². The number of rotatable bonds is 4. The van der Waals surface area contributed by atoms with Crippen molar-refractivity contribution in [3.8, 4) is 0 Å². The van der Waals surface area contributed by atoms with Gasteiger partial charge in [0.25, 0.3) is 0 Å². The second kappa shape index (κ2) is 6.21. The maximum atomic E-state index is 3.67. The standard InChI is InChI=1S/C14H20BrN/c1-5-16-13(9-10(2)3)12-8-6-7-11(4)14(12)15/h6-9,13,16H,5H2,1-4H3. The Morgan fingerprint density at radius 1 is 1.44 bits per heavy atom. The van der Waals surface area contributed by atoms with Crippen LogP contribution in [0.1, 0.15) is 37.9 Å². The summed E-state index contributed by atoms with van der Waals surface area (Å²) in [5.74, 6) is 0. The van der Waals surface area contributed by atoms with Gasteiger partial charge in [-0.1, -0.05) is 52.7 Å². The summed E-state index contributed by atoms with van der Waals surface area (Å²) >= 11 is 3.67. The van der Waals surface area contributed by atoms with Gasteiger partial charge in [0.15, 0.2) is 0 Å². The summed E-state index contributed by atoms with van der Waals surface area (Å²) in [6.45, 7) is 9.49. The van der Waals surface area contributed by atoms with E-state index in [0.717, 1.165) is 6.54 Å². The molecule has 0 bridgehead atoms.